The van der Waals surface area contributed by atoms with Crippen molar-refractivity contribution in [3.05, 3.63) is 53.1 Å². The summed E-state index contributed by atoms with van der Waals surface area (Å²) < 4.78 is 5.22. The van der Waals surface area contributed by atoms with E-state index in [2.05, 4.69) is 10.6 Å². The summed E-state index contributed by atoms with van der Waals surface area (Å²) >= 11 is 5.96. The number of nitrogens with zero attached hydrogens (tertiary/aromatic N) is 1. The molecule has 2 aromatic rings. The van der Waals surface area contributed by atoms with Crippen LogP contribution >= 0.6 is 11.6 Å². The molecule has 0 aromatic heterocycles. The average Bonchev–Trinajstić information content (AvgIpc) is 2.61. The van der Waals surface area contributed by atoms with E-state index < -0.39 is 0 Å². The molecule has 138 valence electrons. The number of ether oxygens (including phenoxy) is 1. The predicted molar refractivity (Wildman–Crippen MR) is 104 cm³/mol. The highest BCUT2D eigenvalue weighted by Gasteiger charge is 2.14. The molecule has 0 aliphatic rings. The summed E-state index contributed by atoms with van der Waals surface area (Å²) in [7, 11) is 3.12. The third-order valence-electron chi connectivity index (χ3n) is 3.73. The molecule has 0 unspecified atom stereocenters. The van der Waals surface area contributed by atoms with Crippen LogP contribution < -0.4 is 15.4 Å². The maximum Gasteiger partial charge on any atom is 0.243 e. The van der Waals surface area contributed by atoms with E-state index >= 15 is 0 Å². The Balaban J connectivity index is 1.86. The van der Waals surface area contributed by atoms with E-state index in [1.807, 2.05) is 31.2 Å². The molecule has 26 heavy (non-hydrogen) atoms. The highest BCUT2D eigenvalue weighted by atomic mass is 35.5. The van der Waals surface area contributed by atoms with Crippen molar-refractivity contribution in [3.8, 4) is 5.75 Å². The van der Waals surface area contributed by atoms with Crippen molar-refractivity contribution in [2.45, 2.75) is 6.92 Å². The quantitative estimate of drug-likeness (QED) is 0.779. The smallest absolute Gasteiger partial charge is 0.243 e. The Labute approximate surface area is 158 Å². The number of hydrogen-bond acceptors (Lipinski definition) is 4. The van der Waals surface area contributed by atoms with E-state index in [4.69, 9.17) is 16.3 Å². The third kappa shape index (κ3) is 5.67. The lowest BCUT2D eigenvalue weighted by molar-refractivity contribution is -0.131. The summed E-state index contributed by atoms with van der Waals surface area (Å²) in [6, 6.07) is 12.6. The Morgan fingerprint density at radius 2 is 1.85 bits per heavy atom. The predicted octanol–water partition coefficient (Wildman–Crippen LogP) is 3.17. The Hall–Kier alpha value is -2.73. The highest BCUT2D eigenvalue weighted by molar-refractivity contribution is 6.30. The summed E-state index contributed by atoms with van der Waals surface area (Å²) in [5, 5.41) is 6.28. The standard InChI is InChI=1S/C19H22ClN3O3/c1-13-4-7-15(8-5-13)22-18(24)12-23(2)19(25)11-21-16-10-14(20)6-9-17(16)26-3/h4-10,21H,11-12H2,1-3H3,(H,22,24). The fourth-order valence-electron chi connectivity index (χ4n) is 2.27. The number of hydrogen-bond donors (Lipinski definition) is 2. The number of anilines is 2. The normalized spacial score (nSPS) is 10.2. The van der Waals surface area contributed by atoms with Gasteiger partial charge in [-0.25, -0.2) is 0 Å². The second-order valence-corrected chi connectivity index (χ2v) is 6.30. The van der Waals surface area contributed by atoms with Crippen molar-refractivity contribution in [3.63, 3.8) is 0 Å². The second-order valence-electron chi connectivity index (χ2n) is 5.86. The minimum Gasteiger partial charge on any atom is -0.495 e. The fourth-order valence-corrected chi connectivity index (χ4v) is 2.44. The lowest BCUT2D eigenvalue weighted by atomic mass is 10.2. The number of aryl methyl sites for hydroxylation is 1. The van der Waals surface area contributed by atoms with Crippen LogP contribution in [0.3, 0.4) is 0 Å². The van der Waals surface area contributed by atoms with E-state index in [9.17, 15) is 9.59 Å². The van der Waals surface area contributed by atoms with Crippen LogP contribution in [0.4, 0.5) is 11.4 Å². The van der Waals surface area contributed by atoms with Crippen LogP contribution in [-0.2, 0) is 9.59 Å². The maximum atomic E-state index is 12.2. The van der Waals surface area contributed by atoms with E-state index in [0.29, 0.717) is 22.1 Å². The van der Waals surface area contributed by atoms with E-state index in [0.717, 1.165) is 5.56 Å². The fraction of sp³-hybridized carbons (Fsp3) is 0.263. The highest BCUT2D eigenvalue weighted by Crippen LogP contribution is 2.27. The van der Waals surface area contributed by atoms with Gasteiger partial charge in [0.1, 0.15) is 5.75 Å². The first-order chi connectivity index (χ1) is 12.4. The Morgan fingerprint density at radius 1 is 1.15 bits per heavy atom. The molecule has 0 heterocycles. The molecule has 2 amide bonds. The first kappa shape index (κ1) is 19.6. The molecule has 2 N–H and O–H groups in total. The number of likely N-dealkylation sites (N-methyl/N-ethyl adjacent to an activating group) is 1. The molecule has 0 radical (unpaired) electrons. The lowest BCUT2D eigenvalue weighted by Crippen LogP contribution is -2.38. The van der Waals surface area contributed by atoms with Crippen LogP contribution in [0.25, 0.3) is 0 Å². The zero-order valence-electron chi connectivity index (χ0n) is 15.0. The molecule has 0 aliphatic carbocycles. The minimum atomic E-state index is -0.259. The molecular weight excluding hydrogens is 354 g/mol. The van der Waals surface area contributed by atoms with Crippen LogP contribution in [0.5, 0.6) is 5.75 Å². The van der Waals surface area contributed by atoms with Crippen molar-refractivity contribution in [1.82, 2.24) is 4.90 Å². The van der Waals surface area contributed by atoms with Crippen LogP contribution in [0.15, 0.2) is 42.5 Å². The minimum absolute atomic E-state index is 0.0189. The summed E-state index contributed by atoms with van der Waals surface area (Å²) in [5.74, 6) is 0.0955. The Bertz CT molecular complexity index is 778. The molecule has 2 rings (SSSR count). The Kier molecular flexibility index (Phi) is 6.86. The van der Waals surface area contributed by atoms with E-state index in [1.54, 1.807) is 25.2 Å². The molecule has 6 nitrogen and oxygen atoms in total. The van der Waals surface area contributed by atoms with Crippen LogP contribution in [0.1, 0.15) is 5.56 Å². The molecule has 2 aromatic carbocycles. The van der Waals surface area contributed by atoms with Crippen LogP contribution in [0, 0.1) is 6.92 Å². The summed E-state index contributed by atoms with van der Waals surface area (Å²) in [6.45, 7) is 1.95. The molecule has 0 saturated heterocycles. The van der Waals surface area contributed by atoms with Gasteiger partial charge in [0.15, 0.2) is 0 Å². The number of benzene rings is 2. The molecule has 0 spiro atoms. The molecular formula is C19H22ClN3O3. The molecule has 0 saturated carbocycles. The zero-order valence-corrected chi connectivity index (χ0v) is 15.8. The van der Waals surface area contributed by atoms with Gasteiger partial charge in [0.25, 0.3) is 0 Å². The van der Waals surface area contributed by atoms with Crippen molar-refractivity contribution < 1.29 is 14.3 Å². The van der Waals surface area contributed by atoms with E-state index in [-0.39, 0.29) is 24.9 Å². The number of carbonyl (C=O) groups is 2. The number of carbonyl (C=O) groups excluding carboxylic acids is 2. The summed E-state index contributed by atoms with van der Waals surface area (Å²) in [4.78, 5) is 25.7. The van der Waals surface area contributed by atoms with Crippen LogP contribution in [-0.4, -0.2) is 44.0 Å². The van der Waals surface area contributed by atoms with Gasteiger partial charge in [0, 0.05) is 17.8 Å². The lowest BCUT2D eigenvalue weighted by Gasteiger charge is -2.18. The number of methoxy groups -OCH3 is 1. The third-order valence-corrected chi connectivity index (χ3v) is 3.97. The average molecular weight is 376 g/mol. The van der Waals surface area contributed by atoms with Gasteiger partial charge in [-0.15, -0.1) is 0 Å². The van der Waals surface area contributed by atoms with Gasteiger partial charge in [0.05, 0.1) is 25.9 Å². The monoisotopic (exact) mass is 375 g/mol. The number of amides is 2. The molecule has 0 bridgehead atoms. The van der Waals surface area contributed by atoms with Crippen molar-refractivity contribution >= 4 is 34.8 Å². The van der Waals surface area contributed by atoms with Gasteiger partial charge in [-0.1, -0.05) is 29.3 Å². The number of halogens is 1. The van der Waals surface area contributed by atoms with Gasteiger partial charge in [-0.05, 0) is 37.3 Å². The summed E-state index contributed by atoms with van der Waals surface area (Å²) in [5.41, 5.74) is 2.42. The SMILES string of the molecule is COc1ccc(Cl)cc1NCC(=O)N(C)CC(=O)Nc1ccc(C)cc1. The van der Waals surface area contributed by atoms with Crippen LogP contribution in [0.2, 0.25) is 5.02 Å². The van der Waals surface area contributed by atoms with Gasteiger partial charge in [0.2, 0.25) is 11.8 Å². The molecule has 0 fully saturated rings. The Morgan fingerprint density at radius 3 is 2.50 bits per heavy atom. The first-order valence-corrected chi connectivity index (χ1v) is 8.44. The number of nitrogens with one attached hydrogen (secondary N) is 2. The van der Waals surface area contributed by atoms with Crippen molar-refractivity contribution in [2.24, 2.45) is 0 Å². The first-order valence-electron chi connectivity index (χ1n) is 8.07. The van der Waals surface area contributed by atoms with Crippen molar-refractivity contribution in [2.75, 3.05) is 37.9 Å². The second kappa shape index (κ2) is 9.10. The molecule has 0 atom stereocenters. The molecule has 7 heteroatoms. The van der Waals surface area contributed by atoms with Gasteiger partial charge < -0.3 is 20.3 Å². The van der Waals surface area contributed by atoms with Gasteiger partial charge >= 0.3 is 0 Å². The molecule has 0 aliphatic heterocycles. The van der Waals surface area contributed by atoms with Gasteiger partial charge in [-0.2, -0.15) is 0 Å². The largest absolute Gasteiger partial charge is 0.495 e. The maximum absolute atomic E-state index is 12.2. The topological polar surface area (TPSA) is 70.7 Å². The van der Waals surface area contributed by atoms with Gasteiger partial charge in [-0.3, -0.25) is 9.59 Å². The van der Waals surface area contributed by atoms with E-state index in [1.165, 1.54) is 12.0 Å². The van der Waals surface area contributed by atoms with Crippen molar-refractivity contribution in [1.29, 1.82) is 0 Å². The number of rotatable bonds is 7. The summed E-state index contributed by atoms with van der Waals surface area (Å²) in [6.07, 6.45) is 0. The zero-order chi connectivity index (χ0) is 19.1.